The SMILES string of the molecule is CCCC1(C(=O)N(C)C2CCCCC2)CCCNC1. The van der Waals surface area contributed by atoms with Gasteiger partial charge in [0.25, 0.3) is 0 Å². The van der Waals surface area contributed by atoms with Crippen LogP contribution in [0.25, 0.3) is 0 Å². The maximum atomic E-state index is 13.0. The first-order valence-electron chi connectivity index (χ1n) is 8.17. The number of amides is 1. The Morgan fingerprint density at radius 3 is 2.58 bits per heavy atom. The second-order valence-corrected chi connectivity index (χ2v) is 6.52. The summed E-state index contributed by atoms with van der Waals surface area (Å²) in [5.41, 5.74) is -0.112. The van der Waals surface area contributed by atoms with Gasteiger partial charge >= 0.3 is 0 Å². The molecule has 1 heterocycles. The zero-order valence-electron chi connectivity index (χ0n) is 12.7. The summed E-state index contributed by atoms with van der Waals surface area (Å²) < 4.78 is 0. The Balaban J connectivity index is 2.05. The van der Waals surface area contributed by atoms with Gasteiger partial charge in [-0.3, -0.25) is 4.79 Å². The van der Waals surface area contributed by atoms with E-state index in [4.69, 9.17) is 0 Å². The maximum Gasteiger partial charge on any atom is 0.230 e. The Bertz CT molecular complexity index is 286. The Kier molecular flexibility index (Phi) is 5.26. The van der Waals surface area contributed by atoms with Gasteiger partial charge in [0.15, 0.2) is 0 Å². The van der Waals surface area contributed by atoms with Gasteiger partial charge in [0, 0.05) is 19.6 Å². The van der Waals surface area contributed by atoms with Gasteiger partial charge in [-0.15, -0.1) is 0 Å². The molecule has 1 saturated heterocycles. The molecule has 2 fully saturated rings. The first-order valence-corrected chi connectivity index (χ1v) is 8.17. The van der Waals surface area contributed by atoms with E-state index in [0.717, 1.165) is 38.8 Å². The number of piperidine rings is 1. The predicted octanol–water partition coefficient (Wildman–Crippen LogP) is 2.95. The first-order chi connectivity index (χ1) is 9.19. The summed E-state index contributed by atoms with van der Waals surface area (Å²) in [4.78, 5) is 15.1. The van der Waals surface area contributed by atoms with Crippen molar-refractivity contribution in [1.29, 1.82) is 0 Å². The lowest BCUT2D eigenvalue weighted by atomic mass is 9.75. The number of nitrogens with zero attached hydrogens (tertiary/aromatic N) is 1. The van der Waals surface area contributed by atoms with Crippen molar-refractivity contribution in [1.82, 2.24) is 10.2 Å². The molecule has 1 unspecified atom stereocenters. The van der Waals surface area contributed by atoms with Gasteiger partial charge in [0.05, 0.1) is 5.41 Å². The fourth-order valence-corrected chi connectivity index (χ4v) is 3.96. The summed E-state index contributed by atoms with van der Waals surface area (Å²) in [7, 11) is 2.05. The van der Waals surface area contributed by atoms with Crippen LogP contribution in [0.1, 0.15) is 64.7 Å². The third kappa shape index (κ3) is 3.31. The number of nitrogens with one attached hydrogen (secondary N) is 1. The quantitative estimate of drug-likeness (QED) is 0.848. The van der Waals surface area contributed by atoms with Crippen LogP contribution in [0.15, 0.2) is 0 Å². The molecule has 0 spiro atoms. The van der Waals surface area contributed by atoms with Gasteiger partial charge < -0.3 is 10.2 Å². The minimum absolute atomic E-state index is 0.112. The van der Waals surface area contributed by atoms with Crippen molar-refractivity contribution in [3.8, 4) is 0 Å². The summed E-state index contributed by atoms with van der Waals surface area (Å²) >= 11 is 0. The van der Waals surface area contributed by atoms with Crippen LogP contribution in [0.5, 0.6) is 0 Å². The van der Waals surface area contributed by atoms with Crippen molar-refractivity contribution in [3.63, 3.8) is 0 Å². The third-order valence-electron chi connectivity index (χ3n) is 5.10. The summed E-state index contributed by atoms with van der Waals surface area (Å²) in [6.07, 6.45) is 10.7. The molecule has 1 atom stereocenters. The van der Waals surface area contributed by atoms with Crippen LogP contribution in [0.4, 0.5) is 0 Å². The number of carbonyl (C=O) groups is 1. The molecule has 1 aliphatic heterocycles. The lowest BCUT2D eigenvalue weighted by Crippen LogP contribution is -2.53. The number of carbonyl (C=O) groups excluding carboxylic acids is 1. The van der Waals surface area contributed by atoms with E-state index in [2.05, 4.69) is 17.1 Å². The first kappa shape index (κ1) is 14.8. The molecule has 1 N–H and O–H groups in total. The van der Waals surface area contributed by atoms with Crippen LogP contribution in [0.3, 0.4) is 0 Å². The minimum atomic E-state index is -0.112. The van der Waals surface area contributed by atoms with Crippen LogP contribution < -0.4 is 5.32 Å². The third-order valence-corrected chi connectivity index (χ3v) is 5.10. The van der Waals surface area contributed by atoms with E-state index in [1.54, 1.807) is 0 Å². The highest BCUT2D eigenvalue weighted by molar-refractivity contribution is 5.83. The van der Waals surface area contributed by atoms with Gasteiger partial charge in [0.1, 0.15) is 0 Å². The van der Waals surface area contributed by atoms with Crippen molar-refractivity contribution in [3.05, 3.63) is 0 Å². The van der Waals surface area contributed by atoms with Gasteiger partial charge in [0.2, 0.25) is 5.91 Å². The van der Waals surface area contributed by atoms with E-state index in [9.17, 15) is 4.79 Å². The standard InChI is InChI=1S/C16H30N2O/c1-3-10-16(11-7-12-17-13-16)15(19)18(2)14-8-5-4-6-9-14/h14,17H,3-13H2,1-2H3. The van der Waals surface area contributed by atoms with Gasteiger partial charge in [-0.1, -0.05) is 32.6 Å². The van der Waals surface area contributed by atoms with Gasteiger partial charge in [-0.2, -0.15) is 0 Å². The van der Waals surface area contributed by atoms with E-state index in [1.807, 2.05) is 7.05 Å². The molecular weight excluding hydrogens is 236 g/mol. The van der Waals surface area contributed by atoms with Crippen molar-refractivity contribution in [2.75, 3.05) is 20.1 Å². The molecule has 3 nitrogen and oxygen atoms in total. The molecule has 3 heteroatoms. The lowest BCUT2D eigenvalue weighted by Gasteiger charge is -2.42. The Morgan fingerprint density at radius 2 is 2.00 bits per heavy atom. The summed E-state index contributed by atoms with van der Waals surface area (Å²) in [6, 6.07) is 0.497. The van der Waals surface area contributed by atoms with E-state index in [0.29, 0.717) is 11.9 Å². The van der Waals surface area contributed by atoms with Crippen molar-refractivity contribution in [2.24, 2.45) is 5.41 Å². The Morgan fingerprint density at radius 1 is 1.26 bits per heavy atom. The van der Waals surface area contributed by atoms with E-state index < -0.39 is 0 Å². The molecule has 19 heavy (non-hydrogen) atoms. The normalized spacial score (nSPS) is 29.2. The zero-order valence-corrected chi connectivity index (χ0v) is 12.7. The Hall–Kier alpha value is -0.570. The van der Waals surface area contributed by atoms with Crippen LogP contribution in [0.2, 0.25) is 0 Å². The second-order valence-electron chi connectivity index (χ2n) is 6.52. The maximum absolute atomic E-state index is 13.0. The molecule has 1 aliphatic carbocycles. The highest BCUT2D eigenvalue weighted by Crippen LogP contribution is 2.35. The van der Waals surface area contributed by atoms with Gasteiger partial charge in [-0.25, -0.2) is 0 Å². The highest BCUT2D eigenvalue weighted by Gasteiger charge is 2.41. The molecule has 0 aromatic rings. The highest BCUT2D eigenvalue weighted by atomic mass is 16.2. The minimum Gasteiger partial charge on any atom is -0.342 e. The molecule has 2 aliphatic rings. The van der Waals surface area contributed by atoms with Crippen LogP contribution in [-0.4, -0.2) is 37.0 Å². The number of rotatable bonds is 4. The van der Waals surface area contributed by atoms with Crippen molar-refractivity contribution >= 4 is 5.91 Å². The van der Waals surface area contributed by atoms with Crippen molar-refractivity contribution < 1.29 is 4.79 Å². The molecule has 0 radical (unpaired) electrons. The largest absolute Gasteiger partial charge is 0.342 e. The summed E-state index contributed by atoms with van der Waals surface area (Å²) in [6.45, 7) is 4.16. The van der Waals surface area contributed by atoms with Crippen LogP contribution in [-0.2, 0) is 4.79 Å². The van der Waals surface area contributed by atoms with Gasteiger partial charge in [-0.05, 0) is 38.6 Å². The van der Waals surface area contributed by atoms with Crippen molar-refractivity contribution in [2.45, 2.75) is 70.8 Å². The smallest absolute Gasteiger partial charge is 0.230 e. The molecule has 1 amide bonds. The zero-order chi connectivity index (χ0) is 13.7. The molecule has 2 rings (SSSR count). The fourth-order valence-electron chi connectivity index (χ4n) is 3.96. The van der Waals surface area contributed by atoms with E-state index in [1.165, 1.54) is 32.1 Å². The molecule has 0 bridgehead atoms. The molecule has 110 valence electrons. The summed E-state index contributed by atoms with van der Waals surface area (Å²) in [5, 5.41) is 3.45. The number of hydrogen-bond donors (Lipinski definition) is 1. The van der Waals surface area contributed by atoms with Crippen LogP contribution in [0, 0.1) is 5.41 Å². The van der Waals surface area contributed by atoms with Crippen LogP contribution >= 0.6 is 0 Å². The average molecular weight is 266 g/mol. The Labute approximate surface area is 118 Å². The molecule has 0 aromatic carbocycles. The molecule has 0 aromatic heterocycles. The monoisotopic (exact) mass is 266 g/mol. The fraction of sp³-hybridized carbons (Fsp3) is 0.938. The second kappa shape index (κ2) is 6.74. The predicted molar refractivity (Wildman–Crippen MR) is 79.1 cm³/mol. The number of hydrogen-bond acceptors (Lipinski definition) is 2. The molecular formula is C16H30N2O. The van der Waals surface area contributed by atoms with E-state index in [-0.39, 0.29) is 5.41 Å². The topological polar surface area (TPSA) is 32.3 Å². The lowest BCUT2D eigenvalue weighted by molar-refractivity contribution is -0.145. The van der Waals surface area contributed by atoms with E-state index >= 15 is 0 Å². The summed E-state index contributed by atoms with van der Waals surface area (Å²) in [5.74, 6) is 0.411. The molecule has 1 saturated carbocycles. The average Bonchev–Trinajstić information content (AvgIpc) is 2.48.